The van der Waals surface area contributed by atoms with Crippen LogP contribution in [-0.4, -0.2) is 48.6 Å². The van der Waals surface area contributed by atoms with Crippen molar-refractivity contribution < 1.29 is 0 Å². The molecule has 0 saturated carbocycles. The van der Waals surface area contributed by atoms with E-state index in [0.717, 1.165) is 24.0 Å². The van der Waals surface area contributed by atoms with Crippen molar-refractivity contribution in [2.45, 2.75) is 18.7 Å². The van der Waals surface area contributed by atoms with Gasteiger partial charge in [-0.05, 0) is 38.9 Å². The van der Waals surface area contributed by atoms with Gasteiger partial charge in [0.1, 0.15) is 5.82 Å². The van der Waals surface area contributed by atoms with Crippen molar-refractivity contribution in [2.24, 2.45) is 5.92 Å². The number of likely N-dealkylation sites (tertiary alicyclic amines) is 1. The molecule has 0 aliphatic carbocycles. The molecule has 0 amide bonds. The molecule has 2 heterocycles. The second-order valence-electron chi connectivity index (χ2n) is 5.13. The summed E-state index contributed by atoms with van der Waals surface area (Å²) in [5.41, 5.74) is 0.837. The predicted octanol–water partition coefficient (Wildman–Crippen LogP) is 1.99. The fraction of sp³-hybridized carbons (Fsp3) is 0.692. The van der Waals surface area contributed by atoms with E-state index in [4.69, 9.17) is 11.6 Å². The number of rotatable bonds is 4. The highest BCUT2D eigenvalue weighted by molar-refractivity contribution is 6.16. The number of anilines is 1. The molecule has 100 valence electrons. The molecule has 0 radical (unpaired) electrons. The minimum Gasteiger partial charge on any atom is -0.358 e. The Labute approximate surface area is 114 Å². The Morgan fingerprint density at radius 2 is 2.11 bits per heavy atom. The SMILES string of the molecule is CN1CCC(CN(C)c2cncc(CCl)n2)CC1. The van der Waals surface area contributed by atoms with Crippen LogP contribution in [0.3, 0.4) is 0 Å². The van der Waals surface area contributed by atoms with Gasteiger partial charge in [0.25, 0.3) is 0 Å². The van der Waals surface area contributed by atoms with Gasteiger partial charge in [-0.3, -0.25) is 4.98 Å². The number of aromatic nitrogens is 2. The van der Waals surface area contributed by atoms with Crippen molar-refractivity contribution in [3.8, 4) is 0 Å². The second kappa shape index (κ2) is 6.34. The number of piperidine rings is 1. The zero-order valence-electron chi connectivity index (χ0n) is 11.1. The van der Waals surface area contributed by atoms with Gasteiger partial charge in [-0.15, -0.1) is 11.6 Å². The fourth-order valence-electron chi connectivity index (χ4n) is 2.37. The molecule has 0 bridgehead atoms. The van der Waals surface area contributed by atoms with Crippen molar-refractivity contribution in [1.82, 2.24) is 14.9 Å². The molecule has 1 aliphatic heterocycles. The van der Waals surface area contributed by atoms with Gasteiger partial charge >= 0.3 is 0 Å². The van der Waals surface area contributed by atoms with Crippen LogP contribution >= 0.6 is 11.6 Å². The summed E-state index contributed by atoms with van der Waals surface area (Å²) in [6.45, 7) is 3.45. The molecule has 5 heteroatoms. The molecular formula is C13H21ClN4. The summed E-state index contributed by atoms with van der Waals surface area (Å²) in [7, 11) is 4.27. The maximum Gasteiger partial charge on any atom is 0.147 e. The molecule has 0 unspecified atom stereocenters. The van der Waals surface area contributed by atoms with Gasteiger partial charge in [-0.1, -0.05) is 0 Å². The average molecular weight is 269 g/mol. The van der Waals surface area contributed by atoms with E-state index in [9.17, 15) is 0 Å². The van der Waals surface area contributed by atoms with Gasteiger partial charge in [-0.25, -0.2) is 4.98 Å². The Morgan fingerprint density at radius 1 is 1.39 bits per heavy atom. The topological polar surface area (TPSA) is 32.3 Å². The summed E-state index contributed by atoms with van der Waals surface area (Å²) in [4.78, 5) is 13.3. The minimum absolute atomic E-state index is 0.420. The molecule has 0 atom stereocenters. The summed E-state index contributed by atoms with van der Waals surface area (Å²) in [6.07, 6.45) is 6.07. The normalized spacial score (nSPS) is 17.9. The Bertz CT molecular complexity index is 377. The lowest BCUT2D eigenvalue weighted by Crippen LogP contribution is -2.36. The molecule has 0 N–H and O–H groups in total. The van der Waals surface area contributed by atoms with E-state index in [1.165, 1.54) is 25.9 Å². The first-order valence-corrected chi connectivity index (χ1v) is 6.99. The van der Waals surface area contributed by atoms with Gasteiger partial charge < -0.3 is 9.80 Å². The van der Waals surface area contributed by atoms with Crippen LogP contribution in [0.25, 0.3) is 0 Å². The third kappa shape index (κ3) is 3.56. The van der Waals surface area contributed by atoms with Crippen LogP contribution < -0.4 is 4.90 Å². The first kappa shape index (κ1) is 13.6. The average Bonchev–Trinajstić information content (AvgIpc) is 2.41. The summed E-state index contributed by atoms with van der Waals surface area (Å²) in [5, 5.41) is 0. The lowest BCUT2D eigenvalue weighted by Gasteiger charge is -2.32. The third-order valence-corrected chi connectivity index (χ3v) is 3.84. The largest absolute Gasteiger partial charge is 0.358 e. The molecule has 1 aromatic heterocycles. The molecule has 18 heavy (non-hydrogen) atoms. The van der Waals surface area contributed by atoms with E-state index in [0.29, 0.717) is 5.88 Å². The first-order chi connectivity index (χ1) is 8.69. The summed E-state index contributed by atoms with van der Waals surface area (Å²) < 4.78 is 0. The van der Waals surface area contributed by atoms with Crippen molar-refractivity contribution >= 4 is 17.4 Å². The number of halogens is 1. The quantitative estimate of drug-likeness (QED) is 0.782. The Balaban J connectivity index is 1.92. The van der Waals surface area contributed by atoms with Crippen molar-refractivity contribution in [1.29, 1.82) is 0 Å². The molecule has 1 aromatic rings. The van der Waals surface area contributed by atoms with Crippen LogP contribution in [0.5, 0.6) is 0 Å². The minimum atomic E-state index is 0.420. The molecule has 1 saturated heterocycles. The molecule has 0 spiro atoms. The van der Waals surface area contributed by atoms with Gasteiger partial charge in [0.15, 0.2) is 0 Å². The summed E-state index contributed by atoms with van der Waals surface area (Å²) in [5.74, 6) is 2.10. The van der Waals surface area contributed by atoms with Crippen LogP contribution in [0.15, 0.2) is 12.4 Å². The summed E-state index contributed by atoms with van der Waals surface area (Å²) >= 11 is 5.78. The highest BCUT2D eigenvalue weighted by atomic mass is 35.5. The van der Waals surface area contributed by atoms with Crippen LogP contribution in [0.1, 0.15) is 18.5 Å². The van der Waals surface area contributed by atoms with Gasteiger partial charge in [-0.2, -0.15) is 0 Å². The molecule has 4 nitrogen and oxygen atoms in total. The van der Waals surface area contributed by atoms with E-state index in [2.05, 4.69) is 33.9 Å². The Morgan fingerprint density at radius 3 is 2.78 bits per heavy atom. The van der Waals surface area contributed by atoms with Gasteiger partial charge in [0, 0.05) is 19.8 Å². The van der Waals surface area contributed by atoms with Crippen LogP contribution in [0.4, 0.5) is 5.82 Å². The third-order valence-electron chi connectivity index (χ3n) is 3.57. The fourth-order valence-corrected chi connectivity index (χ4v) is 2.50. The van der Waals surface area contributed by atoms with Crippen LogP contribution in [-0.2, 0) is 5.88 Å². The molecular weight excluding hydrogens is 248 g/mol. The van der Waals surface area contributed by atoms with Crippen molar-refractivity contribution in [2.75, 3.05) is 38.6 Å². The maximum absolute atomic E-state index is 5.78. The summed E-state index contributed by atoms with van der Waals surface area (Å²) in [6, 6.07) is 0. The highest BCUT2D eigenvalue weighted by Gasteiger charge is 2.18. The lowest BCUT2D eigenvalue weighted by molar-refractivity contribution is 0.222. The van der Waals surface area contributed by atoms with Crippen molar-refractivity contribution in [3.05, 3.63) is 18.1 Å². The standard InChI is InChI=1S/C13H21ClN4/c1-17-5-3-11(4-6-17)10-18(2)13-9-15-8-12(7-14)16-13/h8-9,11H,3-7,10H2,1-2H3. The van der Waals surface area contributed by atoms with Gasteiger partial charge in [0.2, 0.25) is 0 Å². The predicted molar refractivity (Wildman–Crippen MR) is 75.1 cm³/mol. The zero-order valence-corrected chi connectivity index (χ0v) is 11.9. The number of alkyl halides is 1. The van der Waals surface area contributed by atoms with E-state index in [-0.39, 0.29) is 0 Å². The second-order valence-corrected chi connectivity index (χ2v) is 5.40. The molecule has 2 rings (SSSR count). The number of nitrogens with zero attached hydrogens (tertiary/aromatic N) is 4. The van der Waals surface area contributed by atoms with E-state index >= 15 is 0 Å². The maximum atomic E-state index is 5.78. The van der Waals surface area contributed by atoms with Crippen LogP contribution in [0, 0.1) is 5.92 Å². The zero-order chi connectivity index (χ0) is 13.0. The van der Waals surface area contributed by atoms with Crippen LogP contribution in [0.2, 0.25) is 0 Å². The Kier molecular flexibility index (Phi) is 4.78. The van der Waals surface area contributed by atoms with E-state index in [1.54, 1.807) is 6.20 Å². The van der Waals surface area contributed by atoms with E-state index < -0.39 is 0 Å². The smallest absolute Gasteiger partial charge is 0.147 e. The highest BCUT2D eigenvalue weighted by Crippen LogP contribution is 2.19. The van der Waals surface area contributed by atoms with Crippen molar-refractivity contribution in [3.63, 3.8) is 0 Å². The molecule has 0 aromatic carbocycles. The van der Waals surface area contributed by atoms with E-state index in [1.807, 2.05) is 6.20 Å². The molecule has 1 aliphatic rings. The monoisotopic (exact) mass is 268 g/mol. The first-order valence-electron chi connectivity index (χ1n) is 6.45. The number of hydrogen-bond acceptors (Lipinski definition) is 4. The Hall–Kier alpha value is -0.870. The van der Waals surface area contributed by atoms with Gasteiger partial charge in [0.05, 0.1) is 17.8 Å². The number of hydrogen-bond donors (Lipinski definition) is 0. The molecule has 1 fully saturated rings. The lowest BCUT2D eigenvalue weighted by atomic mass is 9.97.